The van der Waals surface area contributed by atoms with E-state index < -0.39 is 0 Å². The Hall–Kier alpha value is -2.16. The van der Waals surface area contributed by atoms with Crippen LogP contribution in [0.1, 0.15) is 35.0 Å². The molecule has 5 nitrogen and oxygen atoms in total. The fourth-order valence-corrected chi connectivity index (χ4v) is 3.46. The van der Waals surface area contributed by atoms with Crippen LogP contribution in [-0.2, 0) is 17.8 Å². The summed E-state index contributed by atoms with van der Waals surface area (Å²) in [4.78, 5) is 7.11. The number of imidazole rings is 1. The minimum Gasteiger partial charge on any atom is -0.383 e. The Morgan fingerprint density at radius 3 is 3.08 bits per heavy atom. The van der Waals surface area contributed by atoms with Gasteiger partial charge in [0.25, 0.3) is 0 Å². The second-order valence-electron chi connectivity index (χ2n) is 6.44. The first-order valence-corrected chi connectivity index (χ1v) is 8.43. The lowest BCUT2D eigenvalue weighted by Crippen LogP contribution is -2.21. The Balaban J connectivity index is 1.66. The lowest BCUT2D eigenvalue weighted by atomic mass is 10.1. The van der Waals surface area contributed by atoms with E-state index in [1.807, 2.05) is 24.4 Å². The van der Waals surface area contributed by atoms with Crippen molar-refractivity contribution in [3.63, 3.8) is 0 Å². The van der Waals surface area contributed by atoms with Crippen molar-refractivity contribution >= 4 is 0 Å². The number of rotatable bonds is 6. The van der Waals surface area contributed by atoms with Gasteiger partial charge in [-0.1, -0.05) is 12.1 Å². The van der Waals surface area contributed by atoms with Crippen LogP contribution in [0.3, 0.4) is 0 Å². The highest BCUT2D eigenvalue weighted by atomic mass is 16.5. The molecule has 2 aromatic rings. The molecule has 1 unspecified atom stereocenters. The topological polar surface area (TPSA) is 54.1 Å². The highest BCUT2D eigenvalue weighted by Crippen LogP contribution is 2.28. The van der Waals surface area contributed by atoms with E-state index in [0.717, 1.165) is 38.2 Å². The van der Waals surface area contributed by atoms with Crippen molar-refractivity contribution < 1.29 is 4.74 Å². The summed E-state index contributed by atoms with van der Waals surface area (Å²) in [6.07, 6.45) is 3.09. The molecule has 1 aromatic carbocycles. The molecule has 3 rings (SSSR count). The fourth-order valence-electron chi connectivity index (χ4n) is 3.46. The summed E-state index contributed by atoms with van der Waals surface area (Å²) in [6.45, 7) is 6.65. The minimum absolute atomic E-state index is 0.467. The largest absolute Gasteiger partial charge is 0.383 e. The molecule has 2 heterocycles. The summed E-state index contributed by atoms with van der Waals surface area (Å²) in [5, 5.41) is 9.03. The van der Waals surface area contributed by atoms with Crippen LogP contribution in [0, 0.1) is 18.3 Å². The molecule has 1 atom stereocenters. The fraction of sp³-hybridized carbons (Fsp3) is 0.474. The van der Waals surface area contributed by atoms with Crippen LogP contribution in [0.4, 0.5) is 0 Å². The van der Waals surface area contributed by atoms with Crippen molar-refractivity contribution in [3.8, 4) is 6.07 Å². The number of likely N-dealkylation sites (tertiary alicyclic amines) is 1. The Bertz CT molecular complexity index is 731. The van der Waals surface area contributed by atoms with E-state index in [-0.39, 0.29) is 0 Å². The predicted molar refractivity (Wildman–Crippen MR) is 92.6 cm³/mol. The molecule has 0 bridgehead atoms. The zero-order valence-corrected chi connectivity index (χ0v) is 14.4. The van der Waals surface area contributed by atoms with E-state index in [9.17, 15) is 0 Å². The summed E-state index contributed by atoms with van der Waals surface area (Å²) < 4.78 is 7.51. The van der Waals surface area contributed by atoms with Gasteiger partial charge in [0.1, 0.15) is 5.82 Å². The van der Waals surface area contributed by atoms with Crippen LogP contribution in [0.15, 0.2) is 30.5 Å². The average Bonchev–Trinajstić information content (AvgIpc) is 3.19. The molecule has 126 valence electrons. The van der Waals surface area contributed by atoms with Crippen LogP contribution in [-0.4, -0.2) is 41.3 Å². The average molecular weight is 324 g/mol. The maximum absolute atomic E-state index is 9.03. The SMILES string of the molecule is COCCn1c(C)cnc1C1CCN(Cc2cccc(C#N)c2)C1. The van der Waals surface area contributed by atoms with Crippen LogP contribution >= 0.6 is 0 Å². The van der Waals surface area contributed by atoms with Gasteiger partial charge in [0, 0.05) is 44.6 Å². The first kappa shape index (κ1) is 16.7. The molecular formula is C19H24N4O. The number of methoxy groups -OCH3 is 1. The Labute approximate surface area is 143 Å². The molecule has 0 N–H and O–H groups in total. The Morgan fingerprint density at radius 2 is 2.29 bits per heavy atom. The number of benzene rings is 1. The third-order valence-corrected chi connectivity index (χ3v) is 4.70. The highest BCUT2D eigenvalue weighted by Gasteiger charge is 2.27. The van der Waals surface area contributed by atoms with Crippen molar-refractivity contribution in [1.29, 1.82) is 5.26 Å². The van der Waals surface area contributed by atoms with Gasteiger partial charge in [0.05, 0.1) is 18.2 Å². The zero-order chi connectivity index (χ0) is 16.9. The van der Waals surface area contributed by atoms with Crippen molar-refractivity contribution in [1.82, 2.24) is 14.5 Å². The smallest absolute Gasteiger partial charge is 0.113 e. The van der Waals surface area contributed by atoms with E-state index in [2.05, 4.69) is 33.5 Å². The summed E-state index contributed by atoms with van der Waals surface area (Å²) in [7, 11) is 1.73. The summed E-state index contributed by atoms with van der Waals surface area (Å²) in [5.74, 6) is 1.65. The van der Waals surface area contributed by atoms with Gasteiger partial charge in [-0.25, -0.2) is 4.98 Å². The van der Waals surface area contributed by atoms with Gasteiger partial charge in [0.2, 0.25) is 0 Å². The van der Waals surface area contributed by atoms with Gasteiger partial charge in [-0.05, 0) is 37.6 Å². The van der Waals surface area contributed by atoms with Crippen LogP contribution < -0.4 is 0 Å². The number of nitriles is 1. The first-order chi connectivity index (χ1) is 11.7. The molecule has 0 aliphatic carbocycles. The van der Waals surface area contributed by atoms with Gasteiger partial charge >= 0.3 is 0 Å². The van der Waals surface area contributed by atoms with E-state index in [4.69, 9.17) is 10.00 Å². The zero-order valence-electron chi connectivity index (χ0n) is 14.4. The van der Waals surface area contributed by atoms with E-state index in [1.54, 1.807) is 7.11 Å². The number of aryl methyl sites for hydroxylation is 1. The number of aromatic nitrogens is 2. The highest BCUT2D eigenvalue weighted by molar-refractivity contribution is 5.32. The predicted octanol–water partition coefficient (Wildman–Crippen LogP) is 2.70. The van der Waals surface area contributed by atoms with E-state index in [1.165, 1.54) is 17.1 Å². The molecule has 0 saturated carbocycles. The van der Waals surface area contributed by atoms with E-state index >= 15 is 0 Å². The normalized spacial score (nSPS) is 18.0. The van der Waals surface area contributed by atoms with Gasteiger partial charge < -0.3 is 9.30 Å². The van der Waals surface area contributed by atoms with Crippen LogP contribution in [0.5, 0.6) is 0 Å². The summed E-state index contributed by atoms with van der Waals surface area (Å²) in [5.41, 5.74) is 3.13. The monoisotopic (exact) mass is 324 g/mol. The standard InChI is InChI=1S/C19H24N4O/c1-15-12-21-19(23(15)8-9-24-2)18-6-7-22(14-18)13-17-5-3-4-16(10-17)11-20/h3-5,10,12,18H,6-9,13-14H2,1-2H3. The first-order valence-electron chi connectivity index (χ1n) is 8.43. The molecular weight excluding hydrogens is 300 g/mol. The van der Waals surface area contributed by atoms with Gasteiger partial charge in [-0.15, -0.1) is 0 Å². The maximum atomic E-state index is 9.03. The molecule has 0 spiro atoms. The molecule has 0 radical (unpaired) electrons. The second-order valence-corrected chi connectivity index (χ2v) is 6.44. The molecule has 5 heteroatoms. The third-order valence-electron chi connectivity index (χ3n) is 4.70. The van der Waals surface area contributed by atoms with Crippen LogP contribution in [0.25, 0.3) is 0 Å². The number of hydrogen-bond donors (Lipinski definition) is 0. The summed E-state index contributed by atoms with van der Waals surface area (Å²) in [6, 6.07) is 10.1. The summed E-state index contributed by atoms with van der Waals surface area (Å²) >= 11 is 0. The van der Waals surface area contributed by atoms with Gasteiger partial charge in [-0.2, -0.15) is 5.26 Å². The third kappa shape index (κ3) is 3.66. The van der Waals surface area contributed by atoms with Crippen molar-refractivity contribution in [2.75, 3.05) is 26.8 Å². The quantitative estimate of drug-likeness (QED) is 0.820. The molecule has 24 heavy (non-hydrogen) atoms. The molecule has 1 aliphatic rings. The Kier molecular flexibility index (Phi) is 5.29. The van der Waals surface area contributed by atoms with Gasteiger partial charge in [0.15, 0.2) is 0 Å². The van der Waals surface area contributed by atoms with Crippen LogP contribution in [0.2, 0.25) is 0 Å². The molecule has 1 aromatic heterocycles. The molecule has 1 saturated heterocycles. The van der Waals surface area contributed by atoms with E-state index in [0.29, 0.717) is 12.5 Å². The molecule has 1 fully saturated rings. The van der Waals surface area contributed by atoms with Crippen molar-refractivity contribution in [3.05, 3.63) is 53.1 Å². The minimum atomic E-state index is 0.467. The number of ether oxygens (including phenoxy) is 1. The van der Waals surface area contributed by atoms with Gasteiger partial charge in [-0.3, -0.25) is 4.90 Å². The molecule has 0 amide bonds. The van der Waals surface area contributed by atoms with Crippen molar-refractivity contribution in [2.24, 2.45) is 0 Å². The lowest BCUT2D eigenvalue weighted by molar-refractivity contribution is 0.185. The Morgan fingerprint density at radius 1 is 1.42 bits per heavy atom. The molecule has 1 aliphatic heterocycles. The second kappa shape index (κ2) is 7.61. The number of nitrogens with zero attached hydrogens (tertiary/aromatic N) is 4. The maximum Gasteiger partial charge on any atom is 0.113 e. The number of hydrogen-bond acceptors (Lipinski definition) is 4. The van der Waals surface area contributed by atoms with Crippen molar-refractivity contribution in [2.45, 2.75) is 32.4 Å². The lowest BCUT2D eigenvalue weighted by Gasteiger charge is -2.17.